The zero-order chi connectivity index (χ0) is 22.0. The van der Waals surface area contributed by atoms with E-state index in [4.69, 9.17) is 51.8 Å². The van der Waals surface area contributed by atoms with Gasteiger partial charge in [-0.3, -0.25) is 9.69 Å². The van der Waals surface area contributed by atoms with Crippen molar-refractivity contribution in [1.29, 1.82) is 0 Å². The van der Waals surface area contributed by atoms with Crippen LogP contribution < -0.4 is 9.64 Å². The SMILES string of the molecule is O=C1/C(=C/c2cc(Cl)ccc2OCc2c(Cl)cccc2Cl)SC(=S)N1c1ccccc1. The molecule has 1 amide bonds. The Kier molecular flexibility index (Phi) is 6.89. The highest BCUT2D eigenvalue weighted by molar-refractivity contribution is 8.27. The zero-order valence-electron chi connectivity index (χ0n) is 15.8. The van der Waals surface area contributed by atoms with E-state index in [0.717, 1.165) is 5.69 Å². The molecule has 0 spiro atoms. The molecule has 0 saturated carbocycles. The lowest BCUT2D eigenvalue weighted by Gasteiger charge is -2.14. The van der Waals surface area contributed by atoms with Crippen molar-refractivity contribution in [1.82, 2.24) is 0 Å². The van der Waals surface area contributed by atoms with E-state index in [9.17, 15) is 4.79 Å². The summed E-state index contributed by atoms with van der Waals surface area (Å²) in [5, 5.41) is 1.56. The van der Waals surface area contributed by atoms with Gasteiger partial charge >= 0.3 is 0 Å². The molecule has 1 aliphatic heterocycles. The Bertz CT molecular complexity index is 1180. The molecule has 0 N–H and O–H groups in total. The van der Waals surface area contributed by atoms with Crippen molar-refractivity contribution < 1.29 is 9.53 Å². The standard InChI is InChI=1S/C23H14Cl3NO2S2/c24-15-9-10-20(29-13-17-18(25)7-4-8-19(17)26)14(11-15)12-21-22(28)27(23(30)31-21)16-5-2-1-3-6-16/h1-12H,13H2/b21-12-. The molecule has 3 aromatic rings. The van der Waals surface area contributed by atoms with Crippen LogP contribution in [-0.4, -0.2) is 10.2 Å². The first-order valence-corrected chi connectivity index (χ1v) is 11.5. The molecule has 4 rings (SSSR count). The Morgan fingerprint density at radius 3 is 2.39 bits per heavy atom. The Balaban J connectivity index is 1.63. The van der Waals surface area contributed by atoms with E-state index in [1.54, 1.807) is 42.5 Å². The summed E-state index contributed by atoms with van der Waals surface area (Å²) < 4.78 is 6.45. The first-order valence-electron chi connectivity index (χ1n) is 9.12. The highest BCUT2D eigenvalue weighted by Gasteiger charge is 2.33. The number of hydrogen-bond donors (Lipinski definition) is 0. The van der Waals surface area contributed by atoms with Crippen molar-refractivity contribution >= 4 is 80.8 Å². The lowest BCUT2D eigenvalue weighted by molar-refractivity contribution is -0.113. The van der Waals surface area contributed by atoms with Crippen LogP contribution in [-0.2, 0) is 11.4 Å². The van der Waals surface area contributed by atoms with Crippen LogP contribution in [0.4, 0.5) is 5.69 Å². The van der Waals surface area contributed by atoms with E-state index in [0.29, 0.717) is 41.2 Å². The number of para-hydroxylation sites is 1. The van der Waals surface area contributed by atoms with Crippen LogP contribution >= 0.6 is 58.8 Å². The molecule has 1 fully saturated rings. The maximum Gasteiger partial charge on any atom is 0.270 e. The van der Waals surface area contributed by atoms with E-state index >= 15 is 0 Å². The predicted octanol–water partition coefficient (Wildman–Crippen LogP) is 7.63. The second-order valence-electron chi connectivity index (χ2n) is 6.52. The number of hydrogen-bond acceptors (Lipinski definition) is 4. The third-order valence-corrected chi connectivity index (χ3v) is 6.75. The first-order chi connectivity index (χ1) is 14.9. The average molecular weight is 507 g/mol. The molecule has 156 valence electrons. The van der Waals surface area contributed by atoms with Crippen LogP contribution in [0.15, 0.2) is 71.6 Å². The Morgan fingerprint density at radius 1 is 0.968 bits per heavy atom. The van der Waals surface area contributed by atoms with Crippen LogP contribution in [0, 0.1) is 0 Å². The number of amides is 1. The molecular weight excluding hydrogens is 493 g/mol. The monoisotopic (exact) mass is 505 g/mol. The van der Waals surface area contributed by atoms with Crippen molar-refractivity contribution in [2.45, 2.75) is 6.61 Å². The number of thiocarbonyl (C=S) groups is 1. The van der Waals surface area contributed by atoms with Gasteiger partial charge in [-0.2, -0.15) is 0 Å². The second-order valence-corrected chi connectivity index (χ2v) is 9.45. The lowest BCUT2D eigenvalue weighted by atomic mass is 10.1. The van der Waals surface area contributed by atoms with Gasteiger partial charge < -0.3 is 4.74 Å². The number of carbonyl (C=O) groups is 1. The molecule has 0 atom stereocenters. The largest absolute Gasteiger partial charge is 0.488 e. The van der Waals surface area contributed by atoms with Gasteiger partial charge in [0.05, 0.1) is 10.6 Å². The summed E-state index contributed by atoms with van der Waals surface area (Å²) in [5.41, 5.74) is 2.07. The van der Waals surface area contributed by atoms with E-state index in [2.05, 4.69) is 0 Å². The van der Waals surface area contributed by atoms with E-state index < -0.39 is 0 Å². The summed E-state index contributed by atoms with van der Waals surface area (Å²) >= 11 is 25.4. The minimum absolute atomic E-state index is 0.173. The van der Waals surface area contributed by atoms with Gasteiger partial charge in [0.15, 0.2) is 4.32 Å². The van der Waals surface area contributed by atoms with Gasteiger partial charge in [0.25, 0.3) is 5.91 Å². The lowest BCUT2D eigenvalue weighted by Crippen LogP contribution is -2.27. The zero-order valence-corrected chi connectivity index (χ0v) is 19.8. The number of halogens is 3. The van der Waals surface area contributed by atoms with Crippen LogP contribution in [0.3, 0.4) is 0 Å². The van der Waals surface area contributed by atoms with Crippen LogP contribution in [0.5, 0.6) is 5.75 Å². The Hall–Kier alpha value is -2.02. The number of thioether (sulfide) groups is 1. The van der Waals surface area contributed by atoms with Crippen LogP contribution in [0.25, 0.3) is 6.08 Å². The second kappa shape index (κ2) is 9.63. The summed E-state index contributed by atoms with van der Waals surface area (Å²) in [6.07, 6.45) is 1.73. The van der Waals surface area contributed by atoms with Gasteiger partial charge in [0.2, 0.25) is 0 Å². The van der Waals surface area contributed by atoms with Crippen molar-refractivity contribution in [3.8, 4) is 5.75 Å². The highest BCUT2D eigenvalue weighted by Crippen LogP contribution is 2.38. The number of nitrogens with zero attached hydrogens (tertiary/aromatic N) is 1. The van der Waals surface area contributed by atoms with Crippen molar-refractivity contribution in [3.63, 3.8) is 0 Å². The molecule has 31 heavy (non-hydrogen) atoms. The summed E-state index contributed by atoms with van der Waals surface area (Å²) in [6, 6.07) is 19.8. The summed E-state index contributed by atoms with van der Waals surface area (Å²) in [5.74, 6) is 0.353. The molecule has 1 aliphatic rings. The number of anilines is 1. The number of benzene rings is 3. The first kappa shape index (κ1) is 22.2. The predicted molar refractivity (Wildman–Crippen MR) is 134 cm³/mol. The topological polar surface area (TPSA) is 29.5 Å². The highest BCUT2D eigenvalue weighted by atomic mass is 35.5. The van der Waals surface area contributed by atoms with E-state index in [1.807, 2.05) is 30.3 Å². The third kappa shape index (κ3) is 4.92. The molecule has 0 unspecified atom stereocenters. The molecule has 1 heterocycles. The summed E-state index contributed by atoms with van der Waals surface area (Å²) in [4.78, 5) is 15.0. The van der Waals surface area contributed by atoms with Crippen LogP contribution in [0.2, 0.25) is 15.1 Å². The summed E-state index contributed by atoms with van der Waals surface area (Å²) in [7, 11) is 0. The Labute approximate surface area is 204 Å². The quantitative estimate of drug-likeness (QED) is 0.263. The number of carbonyl (C=O) groups excluding carboxylic acids is 1. The molecule has 0 radical (unpaired) electrons. The minimum Gasteiger partial charge on any atom is -0.488 e. The van der Waals surface area contributed by atoms with Gasteiger partial charge in [-0.15, -0.1) is 0 Å². The summed E-state index contributed by atoms with van der Waals surface area (Å²) in [6.45, 7) is 0.173. The van der Waals surface area contributed by atoms with Gasteiger partial charge in [0, 0.05) is 26.2 Å². The minimum atomic E-state index is -0.193. The molecule has 3 aromatic carbocycles. The fourth-order valence-corrected chi connectivity index (χ4v) is 4.97. The van der Waals surface area contributed by atoms with Crippen molar-refractivity contribution in [2.24, 2.45) is 0 Å². The third-order valence-electron chi connectivity index (χ3n) is 4.50. The van der Waals surface area contributed by atoms with Gasteiger partial charge in [-0.25, -0.2) is 0 Å². The van der Waals surface area contributed by atoms with Crippen LogP contribution in [0.1, 0.15) is 11.1 Å². The molecule has 0 aromatic heterocycles. The molecule has 8 heteroatoms. The maximum atomic E-state index is 13.0. The molecule has 0 bridgehead atoms. The fourth-order valence-electron chi connectivity index (χ4n) is 2.99. The number of rotatable bonds is 5. The van der Waals surface area contributed by atoms with Gasteiger partial charge in [-0.05, 0) is 48.5 Å². The molecule has 0 aliphatic carbocycles. The normalized spacial score (nSPS) is 15.1. The van der Waals surface area contributed by atoms with Crippen molar-refractivity contribution in [2.75, 3.05) is 4.90 Å². The molecule has 1 saturated heterocycles. The van der Waals surface area contributed by atoms with Gasteiger partial charge in [0.1, 0.15) is 12.4 Å². The molecular formula is C23H14Cl3NO2S2. The fraction of sp³-hybridized carbons (Fsp3) is 0.0435. The van der Waals surface area contributed by atoms with E-state index in [-0.39, 0.29) is 12.5 Å². The van der Waals surface area contributed by atoms with E-state index in [1.165, 1.54) is 16.7 Å². The van der Waals surface area contributed by atoms with Crippen molar-refractivity contribution in [3.05, 3.63) is 97.8 Å². The number of ether oxygens (including phenoxy) is 1. The smallest absolute Gasteiger partial charge is 0.270 e. The Morgan fingerprint density at radius 2 is 1.68 bits per heavy atom. The average Bonchev–Trinajstić information content (AvgIpc) is 3.02. The molecule has 3 nitrogen and oxygen atoms in total. The van der Waals surface area contributed by atoms with Gasteiger partial charge in [-0.1, -0.05) is 83.0 Å². The maximum absolute atomic E-state index is 13.0.